The standard InChI is InChI=1S/C21H30O4S/c1-19-7-5-13(22)9-12(19)3-4-14-15-6-8-21(25,17(24)11-26)20(15,2)10-16(23)18(14)19/h9,14-16,18,23,25-26H,3-8,10-11H2,1-2H3/t14-,15-,16-,18?,19-,20-,21-/m0/s1. The lowest BCUT2D eigenvalue weighted by Crippen LogP contribution is -2.61. The van der Waals surface area contributed by atoms with Gasteiger partial charge in [0.05, 0.1) is 11.9 Å². The second kappa shape index (κ2) is 5.92. The Morgan fingerprint density at radius 3 is 2.69 bits per heavy atom. The molecule has 0 amide bonds. The maximum atomic E-state index is 12.5. The third kappa shape index (κ3) is 2.23. The molecule has 0 aromatic rings. The Balaban J connectivity index is 1.74. The third-order valence-corrected chi connectivity index (χ3v) is 8.94. The molecule has 0 heterocycles. The lowest BCUT2D eigenvalue weighted by Gasteiger charge is -2.60. The van der Waals surface area contributed by atoms with E-state index >= 15 is 0 Å². The molecule has 4 nitrogen and oxygen atoms in total. The summed E-state index contributed by atoms with van der Waals surface area (Å²) in [6.45, 7) is 4.22. The van der Waals surface area contributed by atoms with E-state index in [-0.39, 0.29) is 34.6 Å². The SMILES string of the molecule is C[C@]12CCC(=O)C=C1CC[C@@H]1C2[C@@H](O)C[C@@]2(C)[C@H]1CC[C@]2(O)C(=O)CS. The smallest absolute Gasteiger partial charge is 0.174 e. The maximum absolute atomic E-state index is 12.5. The minimum absolute atomic E-state index is 0.0374. The Hall–Kier alpha value is -0.650. The molecule has 4 rings (SSSR count). The van der Waals surface area contributed by atoms with Crippen LogP contribution in [0.5, 0.6) is 0 Å². The van der Waals surface area contributed by atoms with Crippen LogP contribution < -0.4 is 0 Å². The highest BCUT2D eigenvalue weighted by molar-refractivity contribution is 7.81. The molecule has 4 aliphatic carbocycles. The van der Waals surface area contributed by atoms with E-state index in [1.54, 1.807) is 0 Å². The number of thiol groups is 1. The maximum Gasteiger partial charge on any atom is 0.174 e. The van der Waals surface area contributed by atoms with Crippen LogP contribution in [0.1, 0.15) is 58.8 Å². The average molecular weight is 379 g/mol. The van der Waals surface area contributed by atoms with E-state index < -0.39 is 17.1 Å². The summed E-state index contributed by atoms with van der Waals surface area (Å²) in [7, 11) is 0. The van der Waals surface area contributed by atoms with E-state index in [1.807, 2.05) is 13.0 Å². The molecular formula is C21H30O4S. The van der Waals surface area contributed by atoms with Gasteiger partial charge in [-0.3, -0.25) is 9.59 Å². The number of hydrogen-bond donors (Lipinski definition) is 3. The van der Waals surface area contributed by atoms with E-state index in [9.17, 15) is 19.8 Å². The van der Waals surface area contributed by atoms with Crippen LogP contribution in [0.25, 0.3) is 0 Å². The summed E-state index contributed by atoms with van der Waals surface area (Å²) < 4.78 is 0. The average Bonchev–Trinajstić information content (AvgIpc) is 2.86. The second-order valence-electron chi connectivity index (χ2n) is 9.56. The molecule has 26 heavy (non-hydrogen) atoms. The van der Waals surface area contributed by atoms with Gasteiger partial charge in [-0.05, 0) is 67.8 Å². The van der Waals surface area contributed by atoms with Crippen LogP contribution in [0, 0.1) is 28.6 Å². The summed E-state index contributed by atoms with van der Waals surface area (Å²) in [5.41, 5.74) is -0.885. The highest BCUT2D eigenvalue weighted by Gasteiger charge is 2.68. The number of carbonyl (C=O) groups excluding carboxylic acids is 2. The molecule has 1 unspecified atom stereocenters. The number of carbonyl (C=O) groups is 2. The van der Waals surface area contributed by atoms with Gasteiger partial charge < -0.3 is 10.2 Å². The van der Waals surface area contributed by atoms with Crippen molar-refractivity contribution in [2.24, 2.45) is 28.6 Å². The zero-order valence-electron chi connectivity index (χ0n) is 15.7. The van der Waals surface area contributed by atoms with Crippen LogP contribution in [0.4, 0.5) is 0 Å². The molecular weight excluding hydrogens is 348 g/mol. The van der Waals surface area contributed by atoms with Crippen LogP contribution in [0.2, 0.25) is 0 Å². The van der Waals surface area contributed by atoms with Gasteiger partial charge in [-0.15, -0.1) is 0 Å². The predicted molar refractivity (Wildman–Crippen MR) is 102 cm³/mol. The summed E-state index contributed by atoms with van der Waals surface area (Å²) in [5.74, 6) is 0.683. The van der Waals surface area contributed by atoms with E-state index in [2.05, 4.69) is 19.6 Å². The van der Waals surface area contributed by atoms with E-state index in [1.165, 1.54) is 5.57 Å². The molecule has 5 heteroatoms. The van der Waals surface area contributed by atoms with Crippen molar-refractivity contribution in [1.82, 2.24) is 0 Å². The molecule has 0 bridgehead atoms. The Morgan fingerprint density at radius 1 is 1.27 bits per heavy atom. The molecule has 3 fully saturated rings. The highest BCUT2D eigenvalue weighted by Crippen LogP contribution is 2.67. The molecule has 0 aromatic heterocycles. The molecule has 2 N–H and O–H groups in total. The van der Waals surface area contributed by atoms with Crippen LogP contribution >= 0.6 is 12.6 Å². The second-order valence-corrected chi connectivity index (χ2v) is 9.87. The van der Waals surface area contributed by atoms with Crippen molar-refractivity contribution >= 4 is 24.2 Å². The number of aliphatic hydroxyl groups is 2. The number of aliphatic hydroxyl groups excluding tert-OH is 1. The van der Waals surface area contributed by atoms with Gasteiger partial charge >= 0.3 is 0 Å². The molecule has 0 aromatic carbocycles. The Morgan fingerprint density at radius 2 is 2.00 bits per heavy atom. The monoisotopic (exact) mass is 378 g/mol. The molecule has 0 saturated heterocycles. The molecule has 0 spiro atoms. The van der Waals surface area contributed by atoms with E-state index in [4.69, 9.17) is 0 Å². The molecule has 4 aliphatic rings. The number of fused-ring (bicyclic) bond motifs is 5. The van der Waals surface area contributed by atoms with E-state index in [0.29, 0.717) is 25.2 Å². The summed E-state index contributed by atoms with van der Waals surface area (Å²) in [4.78, 5) is 24.4. The van der Waals surface area contributed by atoms with Crippen LogP contribution in [-0.2, 0) is 9.59 Å². The Bertz CT molecular complexity index is 687. The lowest BCUT2D eigenvalue weighted by molar-refractivity contribution is -0.178. The first-order valence-corrected chi connectivity index (χ1v) is 10.6. The van der Waals surface area contributed by atoms with Gasteiger partial charge in [0.15, 0.2) is 11.6 Å². The summed E-state index contributed by atoms with van der Waals surface area (Å²) in [5, 5.41) is 22.5. The fourth-order valence-corrected chi connectivity index (χ4v) is 7.54. The number of rotatable bonds is 2. The van der Waals surface area contributed by atoms with Crippen LogP contribution in [-0.4, -0.2) is 39.2 Å². The number of ketones is 2. The highest BCUT2D eigenvalue weighted by atomic mass is 32.1. The Kier molecular flexibility index (Phi) is 4.26. The van der Waals surface area contributed by atoms with Crippen molar-refractivity contribution in [3.8, 4) is 0 Å². The Labute approximate surface area is 160 Å². The quantitative estimate of drug-likeness (QED) is 0.646. The molecule has 0 radical (unpaired) electrons. The molecule has 144 valence electrons. The summed E-state index contributed by atoms with van der Waals surface area (Å²) in [6.07, 6.45) is 6.21. The zero-order chi connectivity index (χ0) is 18.9. The third-order valence-electron chi connectivity index (χ3n) is 8.65. The molecule has 3 saturated carbocycles. The topological polar surface area (TPSA) is 74.6 Å². The first kappa shape index (κ1) is 18.7. The van der Waals surface area contributed by atoms with Crippen LogP contribution in [0.15, 0.2) is 11.6 Å². The molecule has 0 aliphatic heterocycles. The van der Waals surface area contributed by atoms with Crippen molar-refractivity contribution in [3.05, 3.63) is 11.6 Å². The first-order chi connectivity index (χ1) is 12.2. The van der Waals surface area contributed by atoms with Gasteiger partial charge in [0.2, 0.25) is 0 Å². The number of Topliss-reactive ketones (excluding diaryl/α,β-unsaturated/α-hetero) is 1. The number of hydrogen-bond acceptors (Lipinski definition) is 5. The normalized spacial score (nSPS) is 50.5. The molecule has 7 atom stereocenters. The fraction of sp³-hybridized carbons (Fsp3) is 0.810. The number of allylic oxidation sites excluding steroid dienone is 1. The zero-order valence-corrected chi connectivity index (χ0v) is 16.6. The minimum atomic E-state index is -1.37. The van der Waals surface area contributed by atoms with E-state index in [0.717, 1.165) is 25.7 Å². The van der Waals surface area contributed by atoms with Crippen molar-refractivity contribution in [1.29, 1.82) is 0 Å². The lowest BCUT2D eigenvalue weighted by atomic mass is 9.45. The van der Waals surface area contributed by atoms with Gasteiger partial charge in [0.1, 0.15) is 5.60 Å². The van der Waals surface area contributed by atoms with Gasteiger partial charge in [-0.2, -0.15) is 12.6 Å². The fourth-order valence-electron chi connectivity index (χ4n) is 7.28. The summed E-state index contributed by atoms with van der Waals surface area (Å²) in [6, 6.07) is 0. The van der Waals surface area contributed by atoms with Crippen molar-refractivity contribution in [2.75, 3.05) is 5.75 Å². The van der Waals surface area contributed by atoms with Gasteiger partial charge in [-0.1, -0.05) is 19.4 Å². The predicted octanol–water partition coefficient (Wildman–Crippen LogP) is 2.72. The van der Waals surface area contributed by atoms with Gasteiger partial charge in [0.25, 0.3) is 0 Å². The van der Waals surface area contributed by atoms with Gasteiger partial charge in [0, 0.05) is 11.8 Å². The largest absolute Gasteiger partial charge is 0.393 e. The summed E-state index contributed by atoms with van der Waals surface area (Å²) >= 11 is 4.13. The van der Waals surface area contributed by atoms with Gasteiger partial charge in [-0.25, -0.2) is 0 Å². The van der Waals surface area contributed by atoms with Crippen molar-refractivity contribution in [3.63, 3.8) is 0 Å². The first-order valence-electron chi connectivity index (χ1n) is 9.96. The van der Waals surface area contributed by atoms with Crippen molar-refractivity contribution < 1.29 is 19.8 Å². The van der Waals surface area contributed by atoms with Crippen molar-refractivity contribution in [2.45, 2.75) is 70.5 Å². The minimum Gasteiger partial charge on any atom is -0.393 e. The van der Waals surface area contributed by atoms with Crippen LogP contribution in [0.3, 0.4) is 0 Å².